The zero-order valence-corrected chi connectivity index (χ0v) is 96.0. The van der Waals surface area contributed by atoms with Gasteiger partial charge in [-0.25, -0.2) is 24.9 Å². The van der Waals surface area contributed by atoms with Gasteiger partial charge in [-0.1, -0.05) is 167 Å². The van der Waals surface area contributed by atoms with Crippen LogP contribution in [0.15, 0.2) is 369 Å². The van der Waals surface area contributed by atoms with Gasteiger partial charge in [-0.05, 0) is 173 Å². The summed E-state index contributed by atoms with van der Waals surface area (Å²) in [5, 5.41) is 55.1. The van der Waals surface area contributed by atoms with Crippen molar-refractivity contribution in [2.24, 2.45) is 5.92 Å². The number of benzene rings is 10. The first-order chi connectivity index (χ1) is 68.3. The molecule has 0 atom stereocenters. The van der Waals surface area contributed by atoms with Crippen LogP contribution in [0.2, 0.25) is 19.6 Å². The molecule has 0 bridgehead atoms. The first-order valence-corrected chi connectivity index (χ1v) is 48.9. The zero-order chi connectivity index (χ0) is 103. The van der Waals surface area contributed by atoms with E-state index in [1.54, 1.807) is 18.3 Å². The number of nitrogens with zero attached hydrogens (tertiary/aromatic N) is 10. The number of aliphatic hydroxyl groups excluding tert-OH is 5. The fourth-order valence-corrected chi connectivity index (χ4v) is 16.7. The predicted molar refractivity (Wildman–Crippen MR) is 573 cm³/mol. The van der Waals surface area contributed by atoms with Gasteiger partial charge in [-0.3, -0.25) is 24.0 Å². The Labute approximate surface area is 919 Å². The molecule has 0 saturated carbocycles. The Kier molecular flexibility index (Phi) is 45.9. The van der Waals surface area contributed by atoms with Crippen molar-refractivity contribution in [3.05, 3.63) is 416 Å². The van der Waals surface area contributed by atoms with Crippen LogP contribution in [-0.4, -0.2) is 110 Å². The van der Waals surface area contributed by atoms with Gasteiger partial charge >= 0.3 is 0 Å². The number of aromatic nitrogens is 10. The maximum absolute atomic E-state index is 10.0. The molecule has 0 fully saturated rings. The number of carbonyl (C=O) groups is 5. The van der Waals surface area contributed by atoms with Crippen LogP contribution in [0.25, 0.3) is 138 Å². The number of aliphatic hydroxyl groups is 5. The van der Waals surface area contributed by atoms with Gasteiger partial charge in [0.2, 0.25) is 0 Å². The van der Waals surface area contributed by atoms with E-state index in [0.717, 1.165) is 79.4 Å². The molecule has 755 valence electrons. The number of para-hydroxylation sites is 6. The van der Waals surface area contributed by atoms with Crippen LogP contribution in [-0.2, 0) is 131 Å². The fraction of sp³-hybridized carbons (Fsp3) is 0.160. The smallest absolute Gasteiger partial charge is 0.155 e. The molecule has 0 aliphatic rings. The number of pyridine rings is 5. The summed E-state index contributed by atoms with van der Waals surface area (Å²) in [5.41, 5.74) is 18.3. The van der Waals surface area contributed by atoms with E-state index in [-0.39, 0.29) is 164 Å². The number of allylic oxidation sites excluding steroid dienone is 10. The van der Waals surface area contributed by atoms with Gasteiger partial charge < -0.3 is 48.4 Å². The maximum atomic E-state index is 10.0. The van der Waals surface area contributed by atoms with E-state index in [0.29, 0.717) is 5.92 Å². The number of aryl methyl sites for hydroxylation is 2. The summed E-state index contributed by atoms with van der Waals surface area (Å²) in [7, 11) is -1.30. The van der Waals surface area contributed by atoms with Crippen molar-refractivity contribution in [2.75, 3.05) is 0 Å². The van der Waals surface area contributed by atoms with Crippen LogP contribution in [0.4, 0.5) is 0 Å². The van der Waals surface area contributed by atoms with Crippen molar-refractivity contribution in [1.82, 2.24) is 47.8 Å². The fourth-order valence-electron chi connectivity index (χ4n) is 15.6. The summed E-state index contributed by atoms with van der Waals surface area (Å²) >= 11 is 0. The minimum atomic E-state index is -2.12. The van der Waals surface area contributed by atoms with Gasteiger partial charge in [0.15, 0.2) is 28.9 Å². The van der Waals surface area contributed by atoms with Crippen molar-refractivity contribution in [3.8, 4) is 28.4 Å². The number of fused-ring (bicyclic) bond motifs is 15. The number of rotatable bonds is 13. The molecule has 10 aromatic carbocycles. The van der Waals surface area contributed by atoms with Crippen molar-refractivity contribution < 1.29 is 154 Å². The van der Waals surface area contributed by atoms with Gasteiger partial charge in [-0.15, -0.1) is 30.3 Å². The van der Waals surface area contributed by atoms with Gasteiger partial charge in [-0.2, -0.15) is 119 Å². The molecule has 0 unspecified atom stereocenters. The second-order valence-electron chi connectivity index (χ2n) is 34.5. The summed E-state index contributed by atoms with van der Waals surface area (Å²) < 4.78 is 33.2. The molecule has 5 N–H and O–H groups in total. The molecule has 26 heteroatoms. The molecule has 10 heterocycles. The van der Waals surface area contributed by atoms with E-state index in [1.807, 2.05) is 114 Å². The molecule has 5 radical (unpaired) electrons. The van der Waals surface area contributed by atoms with Crippen molar-refractivity contribution >= 4 is 152 Å². The standard InChI is InChI=1S/C21H19N2.C20H19N2Si.2C18H13N2.C17H11N2.5C5H8O2.5Ir/c1-15(2)13-16-7-5-8-17(14-16)23-20-11-4-3-9-18(20)19-10-6-12-22-21(19)23;1-23(2,3)16-12-10-15(11-13-16)22-19-9-5-4-7-17(19)18-8-6-14-21-20(18)22;2*1-13-8-10-14(11-9-13)20-17-7-3-2-5-15(17)16-6-4-12-19-18(16)20;1-2-7-13(8-3-1)19-16-11-5-4-9-14(16)15-10-6-12-18-17(15)19;5*1-4(6)3-5(2)7;;;;;/h3-7,9-12,14-15H,13H2,1-2H3;4-10,12-14H,1-3H3;2*2-10,12H,1H3;1-7,9-12H;5*3,6H,1-2H3;;;;;/q5*-1;;;;;;;;;;/i;;1D3;;;;;;;;;;;;. The summed E-state index contributed by atoms with van der Waals surface area (Å²) in [4.78, 5) is 72.9. The van der Waals surface area contributed by atoms with Crippen molar-refractivity contribution in [2.45, 2.75) is 123 Å². The van der Waals surface area contributed by atoms with Gasteiger partial charge in [0, 0.05) is 228 Å². The third-order valence-electron chi connectivity index (χ3n) is 21.0. The molecule has 145 heavy (non-hydrogen) atoms. The first-order valence-electron chi connectivity index (χ1n) is 46.9. The number of hydrogen-bond donors (Lipinski definition) is 5. The Balaban J connectivity index is 0.000000259. The molecule has 0 amide bonds. The molecular weight excluding hydrogens is 2720 g/mol. The molecule has 0 aliphatic carbocycles. The molecule has 20 nitrogen and oxygen atoms in total. The molecule has 0 spiro atoms. The van der Waals surface area contributed by atoms with Gasteiger partial charge in [0.25, 0.3) is 0 Å². The second kappa shape index (κ2) is 57.8. The van der Waals surface area contributed by atoms with E-state index in [4.69, 9.17) is 29.6 Å². The van der Waals surface area contributed by atoms with Crippen LogP contribution in [0.3, 0.4) is 0 Å². The molecule has 20 rings (SSSR count). The molecule has 0 saturated heterocycles. The molecular formula is C119H115Ir5N10O10Si-5. The monoisotopic (exact) mass is 2840 g/mol. The van der Waals surface area contributed by atoms with Crippen LogP contribution >= 0.6 is 0 Å². The Hall–Kier alpha value is -13.5. The van der Waals surface area contributed by atoms with E-state index < -0.39 is 14.9 Å². The average molecular weight is 2840 g/mol. The molecule has 20 aromatic rings. The second-order valence-corrected chi connectivity index (χ2v) is 39.5. The van der Waals surface area contributed by atoms with Crippen LogP contribution < -0.4 is 5.19 Å². The Morgan fingerprint density at radius 2 is 0.566 bits per heavy atom. The molecule has 0 aliphatic heterocycles. The number of carbonyl (C=O) groups excluding carboxylic acids is 5. The van der Waals surface area contributed by atoms with Crippen LogP contribution in [0, 0.1) is 50.0 Å². The quantitative estimate of drug-likeness (QED) is 0.0311. The third kappa shape index (κ3) is 33.3. The van der Waals surface area contributed by atoms with Crippen molar-refractivity contribution in [3.63, 3.8) is 0 Å². The molecule has 10 aromatic heterocycles. The van der Waals surface area contributed by atoms with E-state index >= 15 is 0 Å². The van der Waals surface area contributed by atoms with E-state index in [2.05, 4.69) is 290 Å². The minimum absolute atomic E-state index is 0. The van der Waals surface area contributed by atoms with Gasteiger partial charge in [0.05, 0.1) is 56.4 Å². The first kappa shape index (κ1) is 115. The Morgan fingerprint density at radius 3 is 0.800 bits per heavy atom. The summed E-state index contributed by atoms with van der Waals surface area (Å²) in [5.74, 6) is 0.328. The predicted octanol–water partition coefficient (Wildman–Crippen LogP) is 27.4. The maximum Gasteiger partial charge on any atom is 0.155 e. The third-order valence-corrected chi connectivity index (χ3v) is 23.1. The average Bonchev–Trinajstić information content (AvgIpc) is 1.62. The Morgan fingerprint density at radius 1 is 0.310 bits per heavy atom. The van der Waals surface area contributed by atoms with E-state index in [9.17, 15) is 24.0 Å². The largest absolute Gasteiger partial charge is 0.512 e. The zero-order valence-electron chi connectivity index (χ0n) is 86.0. The topological polar surface area (TPSA) is 276 Å². The summed E-state index contributed by atoms with van der Waals surface area (Å²) in [6.45, 7) is 25.8. The van der Waals surface area contributed by atoms with Crippen molar-refractivity contribution in [1.29, 1.82) is 0 Å². The summed E-state index contributed by atoms with van der Waals surface area (Å²) in [6, 6.07) is 111. The van der Waals surface area contributed by atoms with Crippen LogP contribution in [0.5, 0.6) is 0 Å². The van der Waals surface area contributed by atoms with E-state index in [1.165, 1.54) is 187 Å². The minimum Gasteiger partial charge on any atom is -0.512 e. The van der Waals surface area contributed by atoms with Gasteiger partial charge in [0.1, 0.15) is 28.2 Å². The number of ketones is 5. The number of hydrogen-bond acceptors (Lipinski definition) is 15. The van der Waals surface area contributed by atoms with Crippen LogP contribution in [0.1, 0.15) is 104 Å². The SMILES string of the molecule is CC(=O)C=C(C)O.CC(=O)C=C(C)O.CC(=O)C=C(C)O.CC(=O)C=C(C)O.CC(=O)C=C(C)O.CC(C)Cc1cc[c-]c(-n2c3ccccc3c3cccnc32)c1.C[Si](C)(C)c1c[c-]c(-n2c3ccccc3c3cccnc32)cc1.Cc1c[c-]c(-n2c3ccccc3c3cccnc32)cc1.[2H]C([2H])([2H])c1c[c-]c(-n2c3ccccc3c3cccnc32)cc1.[Ir].[Ir].[Ir].[Ir].[Ir].[c-]1ccccc1-n1c2ccccc2c2cccnc21. The Bertz CT molecular complexity index is 7450. The summed E-state index contributed by atoms with van der Waals surface area (Å²) in [6.07, 6.45) is 16.1. The normalized spacial score (nSPS) is 11.5.